The number of primary amides is 1. The summed E-state index contributed by atoms with van der Waals surface area (Å²) in [7, 11) is 0. The highest BCUT2D eigenvalue weighted by Gasteiger charge is 2.13. The number of allylic oxidation sites excluding steroid dienone is 2. The summed E-state index contributed by atoms with van der Waals surface area (Å²) in [6, 6.07) is 0. The van der Waals surface area contributed by atoms with Crippen LogP contribution in [0, 0.1) is 0 Å². The molecule has 1 aliphatic heterocycles. The maximum absolute atomic E-state index is 10.7. The van der Waals surface area contributed by atoms with Crippen molar-refractivity contribution in [3.63, 3.8) is 0 Å². The summed E-state index contributed by atoms with van der Waals surface area (Å²) in [4.78, 5) is 10.7. The second-order valence-electron chi connectivity index (χ2n) is 1.57. The standard InChI is InChI=1S/C5H3Br2NO/c6-3-1-4(7)5(9)8-2-3/h1-2H,(H,8,9)/p+1. The lowest BCUT2D eigenvalue weighted by Crippen LogP contribution is -2.83. The Morgan fingerprint density at radius 1 is 1.44 bits per heavy atom. The lowest BCUT2D eigenvalue weighted by Gasteiger charge is -1.98. The first-order chi connectivity index (χ1) is 4.20. The number of rotatable bonds is 0. The molecule has 0 atom stereocenters. The van der Waals surface area contributed by atoms with Gasteiger partial charge in [0.15, 0.2) is 0 Å². The van der Waals surface area contributed by atoms with Crippen LogP contribution in [0.5, 0.6) is 0 Å². The number of carbonyl (C=O) groups excluding carboxylic acids is 1. The van der Waals surface area contributed by atoms with Crippen LogP contribution in [0.1, 0.15) is 0 Å². The predicted octanol–water partition coefficient (Wildman–Crippen LogP) is 0.605. The van der Waals surface area contributed by atoms with Crippen LogP contribution in [0.4, 0.5) is 0 Å². The average Bonchev–Trinajstić information content (AvgIpc) is 1.80. The first-order valence-electron chi connectivity index (χ1n) is 2.32. The smallest absolute Gasteiger partial charge is 0.251 e. The third kappa shape index (κ3) is 1.74. The summed E-state index contributed by atoms with van der Waals surface area (Å²) in [6.45, 7) is 0. The first-order valence-corrected chi connectivity index (χ1v) is 3.91. The van der Waals surface area contributed by atoms with E-state index in [1.165, 1.54) is 5.32 Å². The largest absolute Gasteiger partial charge is 0.354 e. The molecule has 0 bridgehead atoms. The lowest BCUT2D eigenvalue weighted by molar-refractivity contribution is -0.495. The van der Waals surface area contributed by atoms with E-state index in [4.69, 9.17) is 0 Å². The van der Waals surface area contributed by atoms with E-state index in [0.717, 1.165) is 4.48 Å². The minimum Gasteiger partial charge on any atom is -0.251 e. The van der Waals surface area contributed by atoms with Crippen LogP contribution >= 0.6 is 31.9 Å². The number of hydrogen-bond donors (Lipinski definition) is 1. The van der Waals surface area contributed by atoms with E-state index in [-0.39, 0.29) is 5.91 Å². The molecule has 1 amide bonds. The summed E-state index contributed by atoms with van der Waals surface area (Å²) in [5, 5.41) is 1.51. The SMILES string of the molecule is O=C1[NH2+]C=C(Br)C=C1Br. The van der Waals surface area contributed by atoms with Gasteiger partial charge in [0.25, 0.3) is 0 Å². The van der Waals surface area contributed by atoms with E-state index in [9.17, 15) is 4.79 Å². The minimum absolute atomic E-state index is 0.0122. The normalized spacial score (nSPS) is 19.1. The van der Waals surface area contributed by atoms with E-state index in [1.54, 1.807) is 12.3 Å². The third-order valence-electron chi connectivity index (χ3n) is 0.894. The van der Waals surface area contributed by atoms with Crippen molar-refractivity contribution >= 4 is 37.8 Å². The molecule has 0 spiro atoms. The van der Waals surface area contributed by atoms with Crippen molar-refractivity contribution in [3.05, 3.63) is 21.2 Å². The van der Waals surface area contributed by atoms with Crippen LogP contribution in [0.25, 0.3) is 0 Å². The number of nitrogens with two attached hydrogens (primary N) is 1. The Labute approximate surface area is 69.3 Å². The van der Waals surface area contributed by atoms with E-state index in [0.29, 0.717) is 4.48 Å². The third-order valence-corrected chi connectivity index (χ3v) is 2.01. The molecule has 1 heterocycles. The molecule has 9 heavy (non-hydrogen) atoms. The van der Waals surface area contributed by atoms with Gasteiger partial charge in [0, 0.05) is 0 Å². The molecule has 48 valence electrons. The summed E-state index contributed by atoms with van der Waals surface area (Å²) in [6.07, 6.45) is 3.44. The van der Waals surface area contributed by atoms with Crippen LogP contribution < -0.4 is 5.32 Å². The second kappa shape index (κ2) is 2.77. The monoisotopic (exact) mass is 252 g/mol. The number of carbonyl (C=O) groups is 1. The van der Waals surface area contributed by atoms with Crippen molar-refractivity contribution in [1.82, 2.24) is 0 Å². The van der Waals surface area contributed by atoms with Gasteiger partial charge in [-0.3, -0.25) is 5.32 Å². The van der Waals surface area contributed by atoms with Crippen LogP contribution in [0.15, 0.2) is 21.2 Å². The number of halogens is 2. The van der Waals surface area contributed by atoms with Gasteiger partial charge >= 0.3 is 5.91 Å². The molecule has 0 aromatic heterocycles. The van der Waals surface area contributed by atoms with Crippen molar-refractivity contribution in [1.29, 1.82) is 0 Å². The van der Waals surface area contributed by atoms with Gasteiger partial charge in [-0.2, -0.15) is 0 Å². The fraction of sp³-hybridized carbons (Fsp3) is 0. The highest BCUT2D eigenvalue weighted by Crippen LogP contribution is 2.14. The zero-order valence-corrected chi connectivity index (χ0v) is 7.57. The lowest BCUT2D eigenvalue weighted by atomic mass is 10.4. The van der Waals surface area contributed by atoms with Crippen LogP contribution in [-0.4, -0.2) is 5.91 Å². The fourth-order valence-electron chi connectivity index (χ4n) is 0.475. The van der Waals surface area contributed by atoms with Gasteiger partial charge in [-0.05, 0) is 37.9 Å². The van der Waals surface area contributed by atoms with Crippen LogP contribution in [0.3, 0.4) is 0 Å². The molecule has 2 nitrogen and oxygen atoms in total. The number of quaternary nitrogens is 1. The van der Waals surface area contributed by atoms with Gasteiger partial charge in [0.05, 0.1) is 4.48 Å². The molecule has 0 radical (unpaired) electrons. The maximum atomic E-state index is 10.7. The Morgan fingerprint density at radius 3 is 2.56 bits per heavy atom. The molecule has 1 aliphatic rings. The molecule has 0 aromatic carbocycles. The Morgan fingerprint density at radius 2 is 2.11 bits per heavy atom. The van der Waals surface area contributed by atoms with Crippen molar-refractivity contribution < 1.29 is 10.1 Å². The maximum Gasteiger partial charge on any atom is 0.354 e. The van der Waals surface area contributed by atoms with Gasteiger partial charge in [-0.15, -0.1) is 0 Å². The van der Waals surface area contributed by atoms with E-state index in [1.807, 2.05) is 0 Å². The van der Waals surface area contributed by atoms with E-state index < -0.39 is 0 Å². The number of amides is 1. The quantitative estimate of drug-likeness (QED) is 0.674. The summed E-state index contributed by atoms with van der Waals surface area (Å²) >= 11 is 6.33. The molecule has 0 aliphatic carbocycles. The summed E-state index contributed by atoms with van der Waals surface area (Å²) in [5.41, 5.74) is 0. The zero-order valence-electron chi connectivity index (χ0n) is 4.40. The number of hydrogen-bond acceptors (Lipinski definition) is 1. The average molecular weight is 254 g/mol. The molecular weight excluding hydrogens is 250 g/mol. The molecule has 0 saturated heterocycles. The highest BCUT2D eigenvalue weighted by molar-refractivity contribution is 9.12. The van der Waals surface area contributed by atoms with Crippen molar-refractivity contribution in [2.24, 2.45) is 0 Å². The van der Waals surface area contributed by atoms with Gasteiger partial charge in [-0.1, -0.05) is 0 Å². The molecule has 0 fully saturated rings. The Hall–Kier alpha value is 0.0700. The minimum atomic E-state index is 0.0122. The van der Waals surface area contributed by atoms with Gasteiger partial charge in [-0.25, -0.2) is 4.79 Å². The molecule has 1 rings (SSSR count). The molecular formula is C5H4Br2NO+. The molecule has 0 unspecified atom stereocenters. The van der Waals surface area contributed by atoms with Crippen molar-refractivity contribution in [3.8, 4) is 0 Å². The van der Waals surface area contributed by atoms with Gasteiger partial charge < -0.3 is 0 Å². The zero-order chi connectivity index (χ0) is 6.85. The second-order valence-corrected chi connectivity index (χ2v) is 3.34. The Kier molecular flexibility index (Phi) is 2.21. The van der Waals surface area contributed by atoms with Crippen LogP contribution in [0.2, 0.25) is 0 Å². The highest BCUT2D eigenvalue weighted by atomic mass is 79.9. The van der Waals surface area contributed by atoms with Crippen molar-refractivity contribution in [2.45, 2.75) is 0 Å². The predicted molar refractivity (Wildman–Crippen MR) is 41.0 cm³/mol. The first kappa shape index (κ1) is 7.18. The molecule has 2 N–H and O–H groups in total. The Balaban J connectivity index is 2.87. The summed E-state index contributed by atoms with van der Waals surface area (Å²) in [5.74, 6) is 0.0122. The van der Waals surface area contributed by atoms with Crippen LogP contribution in [-0.2, 0) is 4.79 Å². The van der Waals surface area contributed by atoms with E-state index >= 15 is 0 Å². The molecule has 0 aromatic rings. The Bertz CT molecular complexity index is 207. The van der Waals surface area contributed by atoms with Gasteiger partial charge in [0.2, 0.25) is 0 Å². The molecule has 0 saturated carbocycles. The van der Waals surface area contributed by atoms with Gasteiger partial charge in [0.1, 0.15) is 10.7 Å². The van der Waals surface area contributed by atoms with E-state index in [2.05, 4.69) is 31.9 Å². The van der Waals surface area contributed by atoms with Crippen molar-refractivity contribution in [2.75, 3.05) is 0 Å². The topological polar surface area (TPSA) is 33.7 Å². The summed E-state index contributed by atoms with van der Waals surface area (Å²) < 4.78 is 1.51. The fourth-order valence-corrected chi connectivity index (χ4v) is 1.52. The molecule has 4 heteroatoms.